The highest BCUT2D eigenvalue weighted by molar-refractivity contribution is 7.80. The minimum atomic E-state index is -1.60. The molecule has 0 spiro atoms. The van der Waals surface area contributed by atoms with Crippen molar-refractivity contribution in [2.24, 2.45) is 11.7 Å². The van der Waals surface area contributed by atoms with Gasteiger partial charge in [-0.15, -0.1) is 0 Å². The number of rotatable bonds is 21. The fourth-order valence-corrected chi connectivity index (χ4v) is 7.31. The summed E-state index contributed by atoms with van der Waals surface area (Å²) in [7, 11) is 0. The van der Waals surface area contributed by atoms with E-state index < -0.39 is 109 Å². The summed E-state index contributed by atoms with van der Waals surface area (Å²) in [5, 5.41) is 45.6. The fourth-order valence-electron chi connectivity index (χ4n) is 7.06. The Morgan fingerprint density at radius 2 is 1.37 bits per heavy atom. The molecule has 0 aliphatic carbocycles. The van der Waals surface area contributed by atoms with E-state index in [1.165, 1.54) is 24.1 Å². The lowest BCUT2D eigenvalue weighted by Gasteiger charge is -2.32. The van der Waals surface area contributed by atoms with Gasteiger partial charge in [-0.05, 0) is 42.0 Å². The molecule has 1 fully saturated rings. The zero-order valence-electron chi connectivity index (χ0n) is 35.1. The maximum absolute atomic E-state index is 14.2. The number of aromatic nitrogens is 1. The molecule has 2 aromatic carbocycles. The van der Waals surface area contributed by atoms with E-state index in [0.717, 1.165) is 0 Å². The molecule has 4 rings (SSSR count). The van der Waals surface area contributed by atoms with Crippen molar-refractivity contribution in [2.75, 3.05) is 25.5 Å². The number of benzene rings is 2. The molecule has 8 amide bonds. The first-order chi connectivity index (χ1) is 30.0. The quantitative estimate of drug-likeness (QED) is 0.0504. The Labute approximate surface area is 368 Å². The van der Waals surface area contributed by atoms with E-state index in [1.54, 1.807) is 62.4 Å². The summed E-state index contributed by atoms with van der Waals surface area (Å²) in [6.07, 6.45) is 1.99. The van der Waals surface area contributed by atoms with Crippen molar-refractivity contribution in [1.29, 1.82) is 0 Å². The van der Waals surface area contributed by atoms with Crippen LogP contribution in [0.15, 0.2) is 60.8 Å². The van der Waals surface area contributed by atoms with Crippen molar-refractivity contribution in [3.8, 4) is 5.75 Å². The smallest absolute Gasteiger partial charge is 0.246 e. The molecule has 340 valence electrons. The van der Waals surface area contributed by atoms with Crippen LogP contribution in [0.1, 0.15) is 44.7 Å². The van der Waals surface area contributed by atoms with Gasteiger partial charge in [-0.25, -0.2) is 0 Å². The van der Waals surface area contributed by atoms with Gasteiger partial charge in [-0.2, -0.15) is 12.6 Å². The van der Waals surface area contributed by atoms with Crippen molar-refractivity contribution in [3.05, 3.63) is 71.9 Å². The third-order valence-electron chi connectivity index (χ3n) is 10.4. The zero-order valence-corrected chi connectivity index (χ0v) is 36.0. The second-order valence-electron chi connectivity index (χ2n) is 15.4. The van der Waals surface area contributed by atoms with E-state index >= 15 is 0 Å². The highest BCUT2D eigenvalue weighted by atomic mass is 32.1. The number of carbonyl (C=O) groups excluding carboxylic acids is 8. The number of nitrogens with one attached hydrogen (secondary N) is 6. The van der Waals surface area contributed by atoms with Gasteiger partial charge < -0.3 is 57.9 Å². The van der Waals surface area contributed by atoms with E-state index in [4.69, 9.17) is 5.73 Å². The Hall–Kier alpha value is -6.32. The predicted molar refractivity (Wildman–Crippen MR) is 231 cm³/mol. The lowest BCUT2D eigenvalue weighted by Crippen LogP contribution is -2.61. The Morgan fingerprint density at radius 1 is 0.762 bits per heavy atom. The fraction of sp³-hybridized carbons (Fsp3) is 0.452. The molecule has 0 unspecified atom stereocenters. The molecule has 7 atom stereocenters. The minimum absolute atomic E-state index is 0.00672. The second-order valence-corrected chi connectivity index (χ2v) is 15.8. The number of fused-ring (bicyclic) bond motifs is 1. The second kappa shape index (κ2) is 23.2. The standard InChI is InChI=1S/C42H55N9O11S/c1-22(2)34(50-38(58)28(45-23(3)54)18-25-13-14-33(55)35-26(25)11-7-15-44-35)42(62)51-16-8-12-32(51)41(61)48-30(20-53)39(59)46-27(17-24-9-5-4-6-10-24)37(57)49-31(21-63)40(60)47-29(19-52)36(43)56/h4-7,9-11,13-15,22,27-32,34,52-53,55,63H,8,12,16-21H2,1-3H3,(H2,43,56)(H,45,54)(H,46,59)(H,47,60)(H,48,61)(H,49,57)(H,50,58)/t27-,28-,29-,30+,31-,32-,34-/m0/s1. The number of thiol groups is 1. The summed E-state index contributed by atoms with van der Waals surface area (Å²) in [5.74, 6) is -7.06. The molecule has 0 saturated carbocycles. The van der Waals surface area contributed by atoms with Crippen LogP contribution in [0.4, 0.5) is 0 Å². The predicted octanol–water partition coefficient (Wildman–Crippen LogP) is -2.30. The SMILES string of the molecule is CC(=O)N[C@@H](Cc1ccc(O)c2ncccc12)C(=O)N[C@H](C(=O)N1CCC[C@H]1C(=O)N[C@H](CO)C(=O)N[C@@H](Cc1ccccc1)C(=O)N[C@@H](CS)C(=O)N[C@@H](CO)C(N)=O)C(C)C. The van der Waals surface area contributed by atoms with Crippen molar-refractivity contribution >= 4 is 70.8 Å². The van der Waals surface area contributed by atoms with Crippen LogP contribution >= 0.6 is 12.6 Å². The van der Waals surface area contributed by atoms with Gasteiger partial charge in [0.05, 0.1) is 13.2 Å². The number of nitrogens with two attached hydrogens (primary N) is 1. The number of nitrogens with zero attached hydrogens (tertiary/aromatic N) is 2. The number of phenolic OH excluding ortho intramolecular Hbond substituents is 1. The number of aromatic hydroxyl groups is 1. The molecular weight excluding hydrogens is 839 g/mol. The van der Waals surface area contributed by atoms with Gasteiger partial charge in [0.25, 0.3) is 0 Å². The van der Waals surface area contributed by atoms with Crippen LogP contribution in [-0.2, 0) is 51.2 Å². The maximum Gasteiger partial charge on any atom is 0.246 e. The third kappa shape index (κ3) is 13.3. The minimum Gasteiger partial charge on any atom is -0.506 e. The molecule has 2 heterocycles. The molecule has 3 aromatic rings. The summed E-state index contributed by atoms with van der Waals surface area (Å²) in [5.41, 5.74) is 6.71. The molecule has 1 aliphatic rings. The van der Waals surface area contributed by atoms with Crippen LogP contribution in [0.5, 0.6) is 5.75 Å². The number of aliphatic hydroxyl groups excluding tert-OH is 2. The number of pyridine rings is 1. The number of likely N-dealkylation sites (tertiary alicyclic amines) is 1. The van der Waals surface area contributed by atoms with Gasteiger partial charge >= 0.3 is 0 Å². The van der Waals surface area contributed by atoms with Crippen LogP contribution in [0.3, 0.4) is 0 Å². The Bertz CT molecular complexity index is 2140. The van der Waals surface area contributed by atoms with Crippen molar-refractivity contribution in [3.63, 3.8) is 0 Å². The van der Waals surface area contributed by atoms with Gasteiger partial charge in [0.1, 0.15) is 53.6 Å². The zero-order chi connectivity index (χ0) is 46.4. The van der Waals surface area contributed by atoms with E-state index in [0.29, 0.717) is 28.5 Å². The Kier molecular flexibility index (Phi) is 18.2. The molecular formula is C42H55N9O11S. The molecule has 63 heavy (non-hydrogen) atoms. The van der Waals surface area contributed by atoms with E-state index in [-0.39, 0.29) is 37.3 Å². The monoisotopic (exact) mass is 893 g/mol. The van der Waals surface area contributed by atoms with Crippen molar-refractivity contribution in [1.82, 2.24) is 41.8 Å². The summed E-state index contributed by atoms with van der Waals surface area (Å²) >= 11 is 4.12. The van der Waals surface area contributed by atoms with Crippen LogP contribution in [-0.4, -0.2) is 140 Å². The van der Waals surface area contributed by atoms with E-state index in [1.807, 2.05) is 0 Å². The van der Waals surface area contributed by atoms with Gasteiger partial charge in [-0.3, -0.25) is 43.3 Å². The molecule has 11 N–H and O–H groups in total. The van der Waals surface area contributed by atoms with E-state index in [2.05, 4.69) is 49.5 Å². The number of primary amides is 1. The Balaban J connectivity index is 1.47. The van der Waals surface area contributed by atoms with E-state index in [9.17, 15) is 53.7 Å². The highest BCUT2D eigenvalue weighted by Crippen LogP contribution is 2.27. The van der Waals surface area contributed by atoms with Gasteiger partial charge in [0.15, 0.2) is 0 Å². The lowest BCUT2D eigenvalue weighted by atomic mass is 9.98. The average Bonchev–Trinajstić information content (AvgIpc) is 3.76. The highest BCUT2D eigenvalue weighted by Gasteiger charge is 2.41. The number of phenols is 1. The molecule has 21 heteroatoms. The summed E-state index contributed by atoms with van der Waals surface area (Å²) in [6, 6.07) is 5.82. The first-order valence-corrected chi connectivity index (χ1v) is 20.9. The molecule has 0 radical (unpaired) electrons. The number of carbonyl (C=O) groups is 8. The molecule has 1 aromatic heterocycles. The summed E-state index contributed by atoms with van der Waals surface area (Å²) in [6.45, 7) is 3.08. The topological polar surface area (TPSA) is 312 Å². The number of aliphatic hydroxyl groups is 2. The number of hydrogen-bond donors (Lipinski definition) is 11. The number of amides is 8. The van der Waals surface area contributed by atoms with Crippen LogP contribution in [0.25, 0.3) is 10.9 Å². The first kappa shape index (κ1) is 49.3. The molecule has 1 aliphatic heterocycles. The van der Waals surface area contributed by atoms with Crippen molar-refractivity contribution in [2.45, 2.75) is 88.7 Å². The van der Waals surface area contributed by atoms with Gasteiger partial charge in [0, 0.05) is 43.6 Å². The summed E-state index contributed by atoms with van der Waals surface area (Å²) in [4.78, 5) is 111. The molecule has 20 nitrogen and oxygen atoms in total. The maximum atomic E-state index is 14.2. The van der Waals surface area contributed by atoms with Gasteiger partial charge in [0.2, 0.25) is 47.3 Å². The molecule has 0 bridgehead atoms. The summed E-state index contributed by atoms with van der Waals surface area (Å²) < 4.78 is 0. The normalized spacial score (nSPS) is 16.4. The Morgan fingerprint density at radius 3 is 1.98 bits per heavy atom. The van der Waals surface area contributed by atoms with Gasteiger partial charge in [-0.1, -0.05) is 56.3 Å². The average molecular weight is 894 g/mol. The molecule has 1 saturated heterocycles. The van der Waals surface area contributed by atoms with Crippen LogP contribution in [0.2, 0.25) is 0 Å². The van der Waals surface area contributed by atoms with Crippen LogP contribution in [0, 0.1) is 5.92 Å². The largest absolute Gasteiger partial charge is 0.506 e. The first-order valence-electron chi connectivity index (χ1n) is 20.3. The van der Waals surface area contributed by atoms with Crippen LogP contribution < -0.4 is 37.6 Å². The third-order valence-corrected chi connectivity index (χ3v) is 10.8. The lowest BCUT2D eigenvalue weighted by molar-refractivity contribution is -0.143. The number of hydrogen-bond acceptors (Lipinski definition) is 13. The van der Waals surface area contributed by atoms with Crippen molar-refractivity contribution < 1.29 is 53.7 Å².